The summed E-state index contributed by atoms with van der Waals surface area (Å²) in [5.74, 6) is -1.80. The van der Waals surface area contributed by atoms with E-state index in [2.05, 4.69) is 0 Å². The summed E-state index contributed by atoms with van der Waals surface area (Å²) in [7, 11) is -3.87. The van der Waals surface area contributed by atoms with E-state index in [1.54, 1.807) is 6.07 Å². The zero-order chi connectivity index (χ0) is 14.0. The molecule has 8 heteroatoms. The van der Waals surface area contributed by atoms with Crippen LogP contribution < -0.4 is 0 Å². The molecule has 0 aliphatic carbocycles. The van der Waals surface area contributed by atoms with Crippen LogP contribution in [0.5, 0.6) is 0 Å². The standard InChI is InChI=1S/C11H12N2O5S/c12-6-9-3-4-10(18-9)19(16,17)13-5-1-2-8(7-13)11(14)15/h3-4,8H,1-2,5,7H2,(H,14,15). The molecular formula is C11H12N2O5S. The molecule has 0 saturated carbocycles. The van der Waals surface area contributed by atoms with Crippen molar-refractivity contribution in [2.75, 3.05) is 13.1 Å². The molecule has 1 saturated heterocycles. The fraction of sp³-hybridized carbons (Fsp3) is 0.455. The number of carbonyl (C=O) groups is 1. The summed E-state index contributed by atoms with van der Waals surface area (Å²) >= 11 is 0. The summed E-state index contributed by atoms with van der Waals surface area (Å²) in [6.07, 6.45) is 0.949. The molecule has 0 spiro atoms. The quantitative estimate of drug-likeness (QED) is 0.871. The third-order valence-electron chi connectivity index (χ3n) is 3.02. The van der Waals surface area contributed by atoms with Crippen molar-refractivity contribution in [1.82, 2.24) is 4.31 Å². The van der Waals surface area contributed by atoms with Gasteiger partial charge >= 0.3 is 5.97 Å². The van der Waals surface area contributed by atoms with Gasteiger partial charge in [-0.1, -0.05) is 0 Å². The Balaban J connectivity index is 2.24. The van der Waals surface area contributed by atoms with Crippen molar-refractivity contribution < 1.29 is 22.7 Å². The predicted octanol–water partition coefficient (Wildman–Crippen LogP) is 0.637. The maximum Gasteiger partial charge on any atom is 0.307 e. The lowest BCUT2D eigenvalue weighted by molar-refractivity contribution is -0.142. The summed E-state index contributed by atoms with van der Waals surface area (Å²) in [6, 6.07) is 4.18. The molecule has 0 bridgehead atoms. The van der Waals surface area contributed by atoms with Crippen LogP contribution >= 0.6 is 0 Å². The summed E-state index contributed by atoms with van der Waals surface area (Å²) in [5, 5.41) is 17.2. The van der Waals surface area contributed by atoms with Gasteiger partial charge < -0.3 is 9.52 Å². The molecule has 102 valence electrons. The monoisotopic (exact) mass is 284 g/mol. The molecule has 1 atom stereocenters. The largest absolute Gasteiger partial charge is 0.481 e. The highest BCUT2D eigenvalue weighted by molar-refractivity contribution is 7.89. The summed E-state index contributed by atoms with van der Waals surface area (Å²) in [6.45, 7) is 0.189. The first-order chi connectivity index (χ1) is 8.95. The third-order valence-corrected chi connectivity index (χ3v) is 4.76. The minimum absolute atomic E-state index is 0.0692. The molecule has 1 aromatic heterocycles. The zero-order valence-corrected chi connectivity index (χ0v) is 10.8. The van der Waals surface area contributed by atoms with Gasteiger partial charge in [-0.3, -0.25) is 4.79 Å². The van der Waals surface area contributed by atoms with Crippen molar-refractivity contribution in [2.24, 2.45) is 5.92 Å². The van der Waals surface area contributed by atoms with Crippen LogP contribution in [0, 0.1) is 17.2 Å². The maximum absolute atomic E-state index is 12.2. The Morgan fingerprint density at radius 2 is 2.26 bits per heavy atom. The number of hydrogen-bond donors (Lipinski definition) is 1. The summed E-state index contributed by atoms with van der Waals surface area (Å²) in [4.78, 5) is 10.9. The highest BCUT2D eigenvalue weighted by Crippen LogP contribution is 2.24. The molecule has 1 unspecified atom stereocenters. The normalized spacial score (nSPS) is 20.9. The van der Waals surface area contributed by atoms with E-state index in [0.29, 0.717) is 12.8 Å². The number of carboxylic acids is 1. The minimum Gasteiger partial charge on any atom is -0.481 e. The lowest BCUT2D eigenvalue weighted by Crippen LogP contribution is -2.42. The first-order valence-corrected chi connectivity index (χ1v) is 7.12. The van der Waals surface area contributed by atoms with E-state index < -0.39 is 21.9 Å². The number of sulfonamides is 1. The van der Waals surface area contributed by atoms with Gasteiger partial charge in [0.1, 0.15) is 6.07 Å². The number of piperidine rings is 1. The van der Waals surface area contributed by atoms with Crippen LogP contribution in [0.15, 0.2) is 21.6 Å². The Kier molecular flexibility index (Phi) is 3.59. The molecule has 19 heavy (non-hydrogen) atoms. The first-order valence-electron chi connectivity index (χ1n) is 5.68. The van der Waals surface area contributed by atoms with Crippen molar-refractivity contribution >= 4 is 16.0 Å². The third kappa shape index (κ3) is 2.62. The lowest BCUT2D eigenvalue weighted by atomic mass is 10.0. The van der Waals surface area contributed by atoms with Crippen molar-refractivity contribution in [3.05, 3.63) is 17.9 Å². The van der Waals surface area contributed by atoms with Crippen LogP contribution in [0.4, 0.5) is 0 Å². The second-order valence-electron chi connectivity index (χ2n) is 4.27. The van der Waals surface area contributed by atoms with Gasteiger partial charge in [-0.05, 0) is 25.0 Å². The molecule has 1 aromatic rings. The van der Waals surface area contributed by atoms with Gasteiger partial charge in [-0.2, -0.15) is 9.57 Å². The lowest BCUT2D eigenvalue weighted by Gasteiger charge is -2.28. The molecular weight excluding hydrogens is 272 g/mol. The highest BCUT2D eigenvalue weighted by Gasteiger charge is 2.34. The average Bonchev–Trinajstić information content (AvgIpc) is 2.88. The van der Waals surface area contributed by atoms with Crippen molar-refractivity contribution in [3.8, 4) is 6.07 Å². The Bertz CT molecular complexity index is 628. The van der Waals surface area contributed by atoms with Crippen LogP contribution in [0.1, 0.15) is 18.6 Å². The SMILES string of the molecule is N#Cc1ccc(S(=O)(=O)N2CCCC(C(=O)O)C2)o1. The molecule has 1 fully saturated rings. The Morgan fingerprint density at radius 3 is 2.84 bits per heavy atom. The second kappa shape index (κ2) is 5.03. The molecule has 1 N–H and O–H groups in total. The molecule has 1 aliphatic heterocycles. The average molecular weight is 284 g/mol. The predicted molar refractivity (Wildman–Crippen MR) is 62.5 cm³/mol. The molecule has 2 heterocycles. The van der Waals surface area contributed by atoms with Gasteiger partial charge in [0.25, 0.3) is 10.0 Å². The van der Waals surface area contributed by atoms with Gasteiger partial charge in [0.15, 0.2) is 0 Å². The van der Waals surface area contributed by atoms with Crippen molar-refractivity contribution in [1.29, 1.82) is 5.26 Å². The maximum atomic E-state index is 12.2. The van der Waals surface area contributed by atoms with E-state index >= 15 is 0 Å². The van der Waals surface area contributed by atoms with Crippen molar-refractivity contribution in [2.45, 2.75) is 17.9 Å². The van der Waals surface area contributed by atoms with Crippen LogP contribution in [0.3, 0.4) is 0 Å². The molecule has 7 nitrogen and oxygen atoms in total. The number of furan rings is 1. The smallest absolute Gasteiger partial charge is 0.307 e. The Morgan fingerprint density at radius 1 is 1.53 bits per heavy atom. The number of aliphatic carboxylic acids is 1. The van der Waals surface area contributed by atoms with Gasteiger partial charge in [0.2, 0.25) is 10.9 Å². The van der Waals surface area contributed by atoms with Crippen molar-refractivity contribution in [3.63, 3.8) is 0 Å². The van der Waals surface area contributed by atoms with Crippen LogP contribution in [0.25, 0.3) is 0 Å². The van der Waals surface area contributed by atoms with Crippen LogP contribution in [-0.2, 0) is 14.8 Å². The van der Waals surface area contributed by atoms with Crippen LogP contribution in [-0.4, -0.2) is 36.9 Å². The molecule has 0 aromatic carbocycles. The number of carboxylic acid groups (broad SMARTS) is 1. The van der Waals surface area contributed by atoms with E-state index in [-0.39, 0.29) is 23.9 Å². The minimum atomic E-state index is -3.87. The molecule has 0 amide bonds. The Hall–Kier alpha value is -1.85. The van der Waals surface area contributed by atoms with E-state index in [9.17, 15) is 13.2 Å². The fourth-order valence-electron chi connectivity index (χ4n) is 2.01. The number of hydrogen-bond acceptors (Lipinski definition) is 5. The summed E-state index contributed by atoms with van der Waals surface area (Å²) < 4.78 is 30.4. The van der Waals surface area contributed by atoms with Crippen LogP contribution in [0.2, 0.25) is 0 Å². The van der Waals surface area contributed by atoms with E-state index in [1.807, 2.05) is 0 Å². The second-order valence-corrected chi connectivity index (χ2v) is 6.14. The topological polar surface area (TPSA) is 112 Å². The highest BCUT2D eigenvalue weighted by atomic mass is 32.2. The Labute approximate surface area is 110 Å². The number of rotatable bonds is 3. The van der Waals surface area contributed by atoms with Gasteiger partial charge in [0, 0.05) is 13.1 Å². The van der Waals surface area contributed by atoms with Gasteiger partial charge in [0.05, 0.1) is 5.92 Å². The van der Waals surface area contributed by atoms with E-state index in [0.717, 1.165) is 4.31 Å². The van der Waals surface area contributed by atoms with Gasteiger partial charge in [-0.25, -0.2) is 8.42 Å². The molecule has 1 aliphatic rings. The van der Waals surface area contributed by atoms with Gasteiger partial charge in [-0.15, -0.1) is 0 Å². The first kappa shape index (κ1) is 13.6. The van der Waals surface area contributed by atoms with E-state index in [4.69, 9.17) is 14.8 Å². The summed E-state index contributed by atoms with van der Waals surface area (Å²) in [5.41, 5.74) is 0. The molecule has 0 radical (unpaired) electrons. The fourth-order valence-corrected chi connectivity index (χ4v) is 3.44. The molecule has 2 rings (SSSR count). The zero-order valence-electron chi connectivity index (χ0n) is 9.94. The number of nitriles is 1. The van der Waals surface area contributed by atoms with E-state index in [1.165, 1.54) is 12.1 Å². The number of nitrogens with zero attached hydrogens (tertiary/aromatic N) is 2.